The van der Waals surface area contributed by atoms with Crippen LogP contribution in [0.25, 0.3) is 0 Å². The van der Waals surface area contributed by atoms with Gasteiger partial charge in [-0.3, -0.25) is 14.3 Å². The SMILES string of the molecule is Cn1cc(CN2CCO[C@H](c3ccc(Cl)cc3)C2)c(=O)n(C)c1=O. The predicted octanol–water partition coefficient (Wildman–Crippen LogP) is 1.31. The largest absolute Gasteiger partial charge is 0.371 e. The lowest BCUT2D eigenvalue weighted by atomic mass is 10.1. The van der Waals surface area contributed by atoms with Gasteiger partial charge in [-0.2, -0.15) is 0 Å². The second-order valence-electron chi connectivity index (χ2n) is 6.06. The van der Waals surface area contributed by atoms with Gasteiger partial charge in [-0.05, 0) is 17.7 Å². The molecule has 2 heterocycles. The Morgan fingerprint density at radius 2 is 1.92 bits per heavy atom. The zero-order valence-corrected chi connectivity index (χ0v) is 14.5. The number of morpholine rings is 1. The van der Waals surface area contributed by atoms with E-state index in [1.807, 2.05) is 24.3 Å². The van der Waals surface area contributed by atoms with E-state index in [1.165, 1.54) is 11.6 Å². The van der Waals surface area contributed by atoms with Crippen LogP contribution in [0.3, 0.4) is 0 Å². The summed E-state index contributed by atoms with van der Waals surface area (Å²) in [6, 6.07) is 7.62. The number of aryl methyl sites for hydroxylation is 1. The third kappa shape index (κ3) is 3.45. The van der Waals surface area contributed by atoms with Crippen molar-refractivity contribution in [3.8, 4) is 0 Å². The van der Waals surface area contributed by atoms with Crippen LogP contribution in [0.2, 0.25) is 5.02 Å². The molecule has 6 nitrogen and oxygen atoms in total. The number of aromatic nitrogens is 2. The highest BCUT2D eigenvalue weighted by Crippen LogP contribution is 2.24. The first kappa shape index (κ1) is 17.0. The zero-order valence-electron chi connectivity index (χ0n) is 13.7. The highest BCUT2D eigenvalue weighted by atomic mass is 35.5. The molecule has 3 rings (SSSR count). The lowest BCUT2D eigenvalue weighted by Crippen LogP contribution is -2.42. The Hall–Kier alpha value is -1.89. The molecule has 1 fully saturated rings. The Morgan fingerprint density at radius 1 is 1.21 bits per heavy atom. The first-order chi connectivity index (χ1) is 11.5. The van der Waals surface area contributed by atoms with Crippen LogP contribution in [-0.4, -0.2) is 33.7 Å². The predicted molar refractivity (Wildman–Crippen MR) is 92.3 cm³/mol. The number of hydrogen-bond donors (Lipinski definition) is 0. The van der Waals surface area contributed by atoms with Crippen LogP contribution < -0.4 is 11.2 Å². The van der Waals surface area contributed by atoms with Gasteiger partial charge in [0, 0.05) is 50.5 Å². The molecular weight excluding hydrogens is 330 g/mol. The molecule has 1 aliphatic heterocycles. The highest BCUT2D eigenvalue weighted by Gasteiger charge is 2.23. The average Bonchev–Trinajstić information content (AvgIpc) is 2.59. The van der Waals surface area contributed by atoms with Crippen molar-refractivity contribution in [3.05, 3.63) is 67.4 Å². The molecule has 0 spiro atoms. The standard InChI is InChI=1S/C17H20ClN3O3/c1-19-9-13(16(22)20(2)17(19)23)10-21-7-8-24-15(11-21)12-3-5-14(18)6-4-12/h3-6,9,15H,7-8,10-11H2,1-2H3/t15-/m0/s1. The van der Waals surface area contributed by atoms with E-state index in [-0.39, 0.29) is 17.4 Å². The molecule has 0 radical (unpaired) electrons. The fraction of sp³-hybridized carbons (Fsp3) is 0.412. The van der Waals surface area contributed by atoms with Crippen molar-refractivity contribution in [2.24, 2.45) is 14.1 Å². The van der Waals surface area contributed by atoms with Crippen LogP contribution in [0.5, 0.6) is 0 Å². The summed E-state index contributed by atoms with van der Waals surface area (Å²) in [5.74, 6) is 0. The summed E-state index contributed by atoms with van der Waals surface area (Å²) in [5, 5.41) is 0.695. The number of nitrogens with zero attached hydrogens (tertiary/aromatic N) is 3. The van der Waals surface area contributed by atoms with Gasteiger partial charge in [0.15, 0.2) is 0 Å². The number of benzene rings is 1. The van der Waals surface area contributed by atoms with Gasteiger partial charge in [0.05, 0.1) is 12.7 Å². The van der Waals surface area contributed by atoms with E-state index in [0.717, 1.165) is 16.7 Å². The monoisotopic (exact) mass is 349 g/mol. The molecule has 1 aromatic carbocycles. The minimum atomic E-state index is -0.315. The second-order valence-corrected chi connectivity index (χ2v) is 6.49. The summed E-state index contributed by atoms with van der Waals surface area (Å²) >= 11 is 5.93. The normalized spacial score (nSPS) is 18.7. The van der Waals surface area contributed by atoms with Gasteiger partial charge in [0.1, 0.15) is 0 Å². The fourth-order valence-electron chi connectivity index (χ4n) is 2.96. The quantitative estimate of drug-likeness (QED) is 0.838. The van der Waals surface area contributed by atoms with Crippen molar-refractivity contribution in [2.45, 2.75) is 12.6 Å². The van der Waals surface area contributed by atoms with Gasteiger partial charge in [-0.25, -0.2) is 4.79 Å². The smallest absolute Gasteiger partial charge is 0.330 e. The van der Waals surface area contributed by atoms with Crippen LogP contribution in [0.1, 0.15) is 17.2 Å². The van der Waals surface area contributed by atoms with E-state index >= 15 is 0 Å². The summed E-state index contributed by atoms with van der Waals surface area (Å²) in [6.45, 7) is 2.53. The number of hydrogen-bond acceptors (Lipinski definition) is 4. The molecule has 1 saturated heterocycles. The van der Waals surface area contributed by atoms with E-state index in [1.54, 1.807) is 13.2 Å². The van der Waals surface area contributed by atoms with Crippen molar-refractivity contribution in [1.29, 1.82) is 0 Å². The summed E-state index contributed by atoms with van der Waals surface area (Å²) in [6.07, 6.45) is 1.57. The second kappa shape index (κ2) is 6.93. The minimum absolute atomic E-state index is 0.0487. The molecule has 2 aromatic rings. The maximum absolute atomic E-state index is 12.3. The van der Waals surface area contributed by atoms with Crippen molar-refractivity contribution >= 4 is 11.6 Å². The molecule has 24 heavy (non-hydrogen) atoms. The van der Waals surface area contributed by atoms with E-state index in [2.05, 4.69) is 4.90 Å². The number of rotatable bonds is 3. The Bertz CT molecular complexity index is 842. The topological polar surface area (TPSA) is 56.5 Å². The summed E-state index contributed by atoms with van der Waals surface area (Å²) < 4.78 is 8.43. The average molecular weight is 350 g/mol. The molecular formula is C17H20ClN3O3. The van der Waals surface area contributed by atoms with Crippen LogP contribution >= 0.6 is 11.6 Å². The van der Waals surface area contributed by atoms with Gasteiger partial charge in [-0.1, -0.05) is 23.7 Å². The minimum Gasteiger partial charge on any atom is -0.371 e. The first-order valence-corrected chi connectivity index (χ1v) is 8.18. The molecule has 0 bridgehead atoms. The molecule has 0 unspecified atom stereocenters. The molecule has 1 aromatic heterocycles. The zero-order chi connectivity index (χ0) is 17.3. The van der Waals surface area contributed by atoms with Crippen LogP contribution in [0.4, 0.5) is 0 Å². The molecule has 0 saturated carbocycles. The van der Waals surface area contributed by atoms with Crippen molar-refractivity contribution in [2.75, 3.05) is 19.7 Å². The van der Waals surface area contributed by atoms with E-state index in [9.17, 15) is 9.59 Å². The summed E-state index contributed by atoms with van der Waals surface area (Å²) in [4.78, 5) is 26.2. The Kier molecular flexibility index (Phi) is 4.89. The van der Waals surface area contributed by atoms with E-state index in [4.69, 9.17) is 16.3 Å². The van der Waals surface area contributed by atoms with Gasteiger partial charge < -0.3 is 9.30 Å². The molecule has 7 heteroatoms. The highest BCUT2D eigenvalue weighted by molar-refractivity contribution is 6.30. The van der Waals surface area contributed by atoms with Crippen LogP contribution in [-0.2, 0) is 25.4 Å². The molecule has 128 valence electrons. The Labute approximate surface area is 144 Å². The summed E-state index contributed by atoms with van der Waals surface area (Å²) in [5.41, 5.74) is 1.12. The molecule has 1 atom stereocenters. The van der Waals surface area contributed by atoms with Crippen molar-refractivity contribution in [3.63, 3.8) is 0 Å². The first-order valence-electron chi connectivity index (χ1n) is 7.80. The third-order valence-corrected chi connectivity index (χ3v) is 4.56. The molecule has 1 aliphatic rings. The summed E-state index contributed by atoms with van der Waals surface area (Å²) in [7, 11) is 3.16. The Balaban J connectivity index is 1.78. The lowest BCUT2D eigenvalue weighted by Gasteiger charge is -2.33. The van der Waals surface area contributed by atoms with Crippen LogP contribution in [0, 0.1) is 0 Å². The van der Waals surface area contributed by atoms with Crippen molar-refractivity contribution in [1.82, 2.24) is 14.0 Å². The number of halogens is 1. The van der Waals surface area contributed by atoms with Gasteiger partial charge in [0.2, 0.25) is 0 Å². The lowest BCUT2D eigenvalue weighted by molar-refractivity contribution is -0.0331. The number of ether oxygens (including phenoxy) is 1. The molecule has 0 amide bonds. The molecule has 0 N–H and O–H groups in total. The maximum Gasteiger partial charge on any atom is 0.330 e. The van der Waals surface area contributed by atoms with Crippen LogP contribution in [0.15, 0.2) is 40.1 Å². The third-order valence-electron chi connectivity index (χ3n) is 4.30. The maximum atomic E-state index is 12.3. The fourth-order valence-corrected chi connectivity index (χ4v) is 3.08. The Morgan fingerprint density at radius 3 is 2.62 bits per heavy atom. The van der Waals surface area contributed by atoms with Gasteiger partial charge in [0.25, 0.3) is 5.56 Å². The van der Waals surface area contributed by atoms with Crippen molar-refractivity contribution < 1.29 is 4.74 Å². The van der Waals surface area contributed by atoms with Gasteiger partial charge in [-0.15, -0.1) is 0 Å². The molecule has 0 aliphatic carbocycles. The van der Waals surface area contributed by atoms with E-state index in [0.29, 0.717) is 30.3 Å². The van der Waals surface area contributed by atoms with Gasteiger partial charge >= 0.3 is 5.69 Å². The van der Waals surface area contributed by atoms with E-state index < -0.39 is 0 Å².